The van der Waals surface area contributed by atoms with Gasteiger partial charge in [0.1, 0.15) is 0 Å². The molecule has 2 N–H and O–H groups in total. The summed E-state index contributed by atoms with van der Waals surface area (Å²) in [6, 6.07) is 4.19. The van der Waals surface area contributed by atoms with Crippen LogP contribution in [0.25, 0.3) is 0 Å². The van der Waals surface area contributed by atoms with E-state index in [2.05, 4.69) is 38.2 Å². The van der Waals surface area contributed by atoms with Crippen molar-refractivity contribution in [3.8, 4) is 0 Å². The minimum Gasteiger partial charge on any atom is -0.394 e. The maximum Gasteiger partial charge on any atom is 0.0656 e. The second kappa shape index (κ2) is 4.23. The Morgan fingerprint density at radius 3 is 2.27 bits per heavy atom. The molecule has 2 nitrogen and oxygen atoms in total. The average Bonchev–Trinajstić information content (AvgIpc) is 2.19. The van der Waals surface area contributed by atoms with Crippen molar-refractivity contribution in [2.45, 2.75) is 40.2 Å². The number of aryl methyl sites for hydroxylation is 1. The largest absolute Gasteiger partial charge is 0.394 e. The quantitative estimate of drug-likeness (QED) is 0.798. The van der Waals surface area contributed by atoms with Gasteiger partial charge in [0.25, 0.3) is 0 Å². The van der Waals surface area contributed by atoms with E-state index in [4.69, 9.17) is 0 Å². The van der Waals surface area contributed by atoms with Crippen molar-refractivity contribution in [3.63, 3.8) is 0 Å². The van der Waals surface area contributed by atoms with Gasteiger partial charge in [-0.3, -0.25) is 0 Å². The number of aliphatic hydroxyl groups is 1. The number of anilines is 1. The molecule has 0 amide bonds. The van der Waals surface area contributed by atoms with Crippen LogP contribution in [0.15, 0.2) is 12.1 Å². The monoisotopic (exact) mass is 207 g/mol. The van der Waals surface area contributed by atoms with Crippen molar-refractivity contribution in [1.29, 1.82) is 0 Å². The summed E-state index contributed by atoms with van der Waals surface area (Å²) in [4.78, 5) is 0. The van der Waals surface area contributed by atoms with E-state index in [0.29, 0.717) is 0 Å². The Bertz CT molecular complexity index is 356. The smallest absolute Gasteiger partial charge is 0.0656 e. The lowest BCUT2D eigenvalue weighted by molar-refractivity contribution is 0.234. The second-order valence-corrected chi connectivity index (χ2v) is 4.85. The molecule has 0 unspecified atom stereocenters. The van der Waals surface area contributed by atoms with Crippen LogP contribution in [0.5, 0.6) is 0 Å². The first-order valence-corrected chi connectivity index (χ1v) is 5.33. The van der Waals surface area contributed by atoms with Gasteiger partial charge in [0.2, 0.25) is 0 Å². The van der Waals surface area contributed by atoms with E-state index < -0.39 is 0 Å². The third kappa shape index (κ3) is 2.72. The minimum absolute atomic E-state index is 0.124. The molecule has 15 heavy (non-hydrogen) atoms. The van der Waals surface area contributed by atoms with Crippen LogP contribution in [-0.4, -0.2) is 17.3 Å². The highest BCUT2D eigenvalue weighted by Gasteiger charge is 2.17. The first kappa shape index (κ1) is 12.1. The Morgan fingerprint density at radius 1 is 1.13 bits per heavy atom. The standard InChI is InChI=1S/C13H21NO/c1-9-6-7-12(11(3)10(9)2)14-13(4,5)8-15/h6-7,14-15H,8H2,1-5H3. The van der Waals surface area contributed by atoms with Gasteiger partial charge < -0.3 is 10.4 Å². The van der Waals surface area contributed by atoms with Crippen LogP contribution in [0, 0.1) is 20.8 Å². The van der Waals surface area contributed by atoms with Crippen molar-refractivity contribution in [3.05, 3.63) is 28.8 Å². The molecule has 0 heterocycles. The van der Waals surface area contributed by atoms with Crippen LogP contribution in [0.1, 0.15) is 30.5 Å². The Hall–Kier alpha value is -1.02. The average molecular weight is 207 g/mol. The molecular weight excluding hydrogens is 186 g/mol. The third-order valence-corrected chi connectivity index (χ3v) is 2.93. The van der Waals surface area contributed by atoms with Crippen molar-refractivity contribution >= 4 is 5.69 Å². The van der Waals surface area contributed by atoms with Gasteiger partial charge in [0.15, 0.2) is 0 Å². The van der Waals surface area contributed by atoms with Gasteiger partial charge in [-0.1, -0.05) is 6.07 Å². The predicted molar refractivity (Wildman–Crippen MR) is 65.4 cm³/mol. The van der Waals surface area contributed by atoms with Crippen LogP contribution in [-0.2, 0) is 0 Å². The van der Waals surface area contributed by atoms with Crippen molar-refractivity contribution in [2.75, 3.05) is 11.9 Å². The highest BCUT2D eigenvalue weighted by molar-refractivity contribution is 5.57. The lowest BCUT2D eigenvalue weighted by Gasteiger charge is -2.26. The summed E-state index contributed by atoms with van der Waals surface area (Å²) in [5.74, 6) is 0. The van der Waals surface area contributed by atoms with Crippen LogP contribution >= 0.6 is 0 Å². The lowest BCUT2D eigenvalue weighted by Crippen LogP contribution is -2.35. The number of hydrogen-bond donors (Lipinski definition) is 2. The predicted octanol–water partition coefficient (Wildman–Crippen LogP) is 2.79. The van der Waals surface area contributed by atoms with E-state index in [9.17, 15) is 5.11 Å². The molecule has 0 aromatic heterocycles. The summed E-state index contributed by atoms with van der Waals surface area (Å²) in [5.41, 5.74) is 4.72. The molecule has 0 fully saturated rings. The third-order valence-electron chi connectivity index (χ3n) is 2.93. The molecule has 2 heteroatoms. The SMILES string of the molecule is Cc1ccc(NC(C)(C)CO)c(C)c1C. The summed E-state index contributed by atoms with van der Waals surface area (Å²) in [6.07, 6.45) is 0. The maximum absolute atomic E-state index is 9.21. The topological polar surface area (TPSA) is 32.3 Å². The molecule has 1 rings (SSSR count). The number of hydrogen-bond acceptors (Lipinski definition) is 2. The van der Waals surface area contributed by atoms with Gasteiger partial charge in [-0.2, -0.15) is 0 Å². The highest BCUT2D eigenvalue weighted by Crippen LogP contribution is 2.24. The molecule has 0 spiro atoms. The van der Waals surface area contributed by atoms with E-state index in [0.717, 1.165) is 5.69 Å². The zero-order valence-electron chi connectivity index (χ0n) is 10.3. The fourth-order valence-corrected chi connectivity index (χ4v) is 1.50. The first-order valence-electron chi connectivity index (χ1n) is 5.33. The van der Waals surface area contributed by atoms with Gasteiger partial charge >= 0.3 is 0 Å². The van der Waals surface area contributed by atoms with Crippen molar-refractivity contribution in [2.24, 2.45) is 0 Å². The van der Waals surface area contributed by atoms with Gasteiger partial charge in [0, 0.05) is 5.69 Å². The van der Waals surface area contributed by atoms with Crippen LogP contribution in [0.2, 0.25) is 0 Å². The molecule has 84 valence electrons. The number of nitrogens with one attached hydrogen (secondary N) is 1. The van der Waals surface area contributed by atoms with Crippen molar-refractivity contribution < 1.29 is 5.11 Å². The Balaban J connectivity index is 3.02. The Labute approximate surface area is 92.3 Å². The molecule has 0 saturated heterocycles. The molecule has 0 bridgehead atoms. The fourth-order valence-electron chi connectivity index (χ4n) is 1.50. The molecular formula is C13H21NO. The Kier molecular flexibility index (Phi) is 3.40. The first-order chi connectivity index (χ1) is 6.87. The van der Waals surface area contributed by atoms with E-state index >= 15 is 0 Å². The lowest BCUT2D eigenvalue weighted by atomic mass is 10.00. The second-order valence-electron chi connectivity index (χ2n) is 4.85. The maximum atomic E-state index is 9.21. The van der Waals surface area contributed by atoms with E-state index in [1.54, 1.807) is 0 Å². The van der Waals surface area contributed by atoms with Crippen LogP contribution in [0.4, 0.5) is 5.69 Å². The number of rotatable bonds is 3. The van der Waals surface area contributed by atoms with E-state index in [1.165, 1.54) is 16.7 Å². The molecule has 0 radical (unpaired) electrons. The van der Waals surface area contributed by atoms with Gasteiger partial charge in [-0.15, -0.1) is 0 Å². The van der Waals surface area contributed by atoms with Crippen molar-refractivity contribution in [1.82, 2.24) is 0 Å². The summed E-state index contributed by atoms with van der Waals surface area (Å²) in [7, 11) is 0. The zero-order chi connectivity index (χ0) is 11.6. The molecule has 0 aliphatic heterocycles. The molecule has 0 atom stereocenters. The normalized spacial score (nSPS) is 11.6. The fraction of sp³-hybridized carbons (Fsp3) is 0.538. The molecule has 1 aromatic carbocycles. The Morgan fingerprint density at radius 2 is 1.73 bits per heavy atom. The number of benzene rings is 1. The molecule has 1 aromatic rings. The van der Waals surface area contributed by atoms with Gasteiger partial charge in [0.05, 0.1) is 12.1 Å². The summed E-state index contributed by atoms with van der Waals surface area (Å²) < 4.78 is 0. The van der Waals surface area contributed by atoms with Gasteiger partial charge in [-0.05, 0) is 57.4 Å². The summed E-state index contributed by atoms with van der Waals surface area (Å²) in [5, 5.41) is 12.6. The molecule has 0 saturated carbocycles. The molecule has 0 aliphatic carbocycles. The highest BCUT2D eigenvalue weighted by atomic mass is 16.3. The summed E-state index contributed by atoms with van der Waals surface area (Å²) in [6.45, 7) is 10.5. The van der Waals surface area contributed by atoms with Crippen LogP contribution < -0.4 is 5.32 Å². The van der Waals surface area contributed by atoms with E-state index in [-0.39, 0.29) is 12.1 Å². The number of aliphatic hydroxyl groups excluding tert-OH is 1. The van der Waals surface area contributed by atoms with Crippen LogP contribution in [0.3, 0.4) is 0 Å². The van der Waals surface area contributed by atoms with E-state index in [1.807, 2.05) is 13.8 Å². The zero-order valence-corrected chi connectivity index (χ0v) is 10.3. The minimum atomic E-state index is -0.271. The summed E-state index contributed by atoms with van der Waals surface area (Å²) >= 11 is 0. The van der Waals surface area contributed by atoms with Gasteiger partial charge in [-0.25, -0.2) is 0 Å². The molecule has 0 aliphatic rings.